The molecule has 4 nitrogen and oxygen atoms in total. The Morgan fingerprint density at radius 2 is 2.04 bits per heavy atom. The Balaban J connectivity index is 2.02. The highest BCUT2D eigenvalue weighted by Crippen LogP contribution is 2.43. The summed E-state index contributed by atoms with van der Waals surface area (Å²) in [7, 11) is 0. The van der Waals surface area contributed by atoms with Gasteiger partial charge >= 0.3 is 0 Å². The van der Waals surface area contributed by atoms with Crippen LogP contribution in [-0.4, -0.2) is 37.1 Å². The average Bonchev–Trinajstić information content (AvgIpc) is 2.59. The standard InChI is InChI=1S/C20H32N2O2/c1-4-13-24-20-17(16-9-11-21-12-10-16)7-8-19-18(20)6-5-14(2)22(19)15(3)23/h7-8,14-16,21,23H,4-6,9-13H2,1-3H3/t14-,15?/m0/s1. The Bertz CT molecular complexity index is 553. The van der Waals surface area contributed by atoms with Gasteiger partial charge in [0, 0.05) is 17.3 Å². The van der Waals surface area contributed by atoms with Crippen molar-refractivity contribution in [3.05, 3.63) is 23.3 Å². The molecule has 2 N–H and O–H groups in total. The Morgan fingerprint density at radius 3 is 2.71 bits per heavy atom. The minimum Gasteiger partial charge on any atom is -0.493 e. The third-order valence-corrected chi connectivity index (χ3v) is 5.46. The zero-order valence-corrected chi connectivity index (χ0v) is 15.3. The molecule has 134 valence electrons. The maximum atomic E-state index is 10.3. The first kappa shape index (κ1) is 17.6. The van der Waals surface area contributed by atoms with E-state index in [-0.39, 0.29) is 0 Å². The largest absolute Gasteiger partial charge is 0.493 e. The predicted octanol–water partition coefficient (Wildman–Crippen LogP) is 3.42. The molecule has 4 heteroatoms. The van der Waals surface area contributed by atoms with Crippen molar-refractivity contribution in [2.24, 2.45) is 0 Å². The number of piperidine rings is 1. The van der Waals surface area contributed by atoms with E-state index in [2.05, 4.69) is 36.2 Å². The number of nitrogens with one attached hydrogen (secondary N) is 1. The van der Waals surface area contributed by atoms with Crippen molar-refractivity contribution in [2.75, 3.05) is 24.6 Å². The van der Waals surface area contributed by atoms with Crippen LogP contribution in [0.5, 0.6) is 5.75 Å². The summed E-state index contributed by atoms with van der Waals surface area (Å²) in [6.45, 7) is 9.15. The van der Waals surface area contributed by atoms with Crippen LogP contribution in [0, 0.1) is 0 Å². The number of fused-ring (bicyclic) bond motifs is 1. The van der Waals surface area contributed by atoms with Gasteiger partial charge in [0.2, 0.25) is 0 Å². The zero-order chi connectivity index (χ0) is 17.1. The minimum atomic E-state index is -0.470. The summed E-state index contributed by atoms with van der Waals surface area (Å²) >= 11 is 0. The second-order valence-corrected chi connectivity index (χ2v) is 7.28. The molecule has 0 aromatic heterocycles. The van der Waals surface area contributed by atoms with Gasteiger partial charge in [0.05, 0.1) is 6.61 Å². The van der Waals surface area contributed by atoms with E-state index >= 15 is 0 Å². The molecule has 1 aromatic rings. The summed E-state index contributed by atoms with van der Waals surface area (Å²) in [5, 5.41) is 13.7. The lowest BCUT2D eigenvalue weighted by molar-refractivity contribution is 0.174. The van der Waals surface area contributed by atoms with Crippen molar-refractivity contribution in [3.63, 3.8) is 0 Å². The van der Waals surface area contributed by atoms with Crippen LogP contribution in [-0.2, 0) is 6.42 Å². The van der Waals surface area contributed by atoms with E-state index in [0.29, 0.717) is 12.0 Å². The van der Waals surface area contributed by atoms with Gasteiger partial charge < -0.3 is 20.1 Å². The molecule has 2 heterocycles. The molecule has 0 saturated carbocycles. The van der Waals surface area contributed by atoms with E-state index in [1.165, 1.54) is 24.0 Å². The van der Waals surface area contributed by atoms with Gasteiger partial charge in [-0.2, -0.15) is 0 Å². The number of rotatable bonds is 5. The lowest BCUT2D eigenvalue weighted by Gasteiger charge is -2.40. The summed E-state index contributed by atoms with van der Waals surface area (Å²) in [4.78, 5) is 2.14. The van der Waals surface area contributed by atoms with Crippen molar-refractivity contribution in [2.45, 2.75) is 71.1 Å². The summed E-state index contributed by atoms with van der Waals surface area (Å²) < 4.78 is 6.27. The molecule has 1 fully saturated rings. The van der Waals surface area contributed by atoms with Gasteiger partial charge in [0.25, 0.3) is 0 Å². The fraction of sp³-hybridized carbons (Fsp3) is 0.700. The van der Waals surface area contributed by atoms with E-state index in [0.717, 1.165) is 50.4 Å². The van der Waals surface area contributed by atoms with E-state index in [4.69, 9.17) is 4.74 Å². The fourth-order valence-corrected chi connectivity index (χ4v) is 4.25. The molecule has 0 amide bonds. The molecular formula is C20H32N2O2. The Labute approximate surface area is 146 Å². The monoisotopic (exact) mass is 332 g/mol. The van der Waals surface area contributed by atoms with Crippen LogP contribution in [0.4, 0.5) is 5.69 Å². The number of nitrogens with zero attached hydrogens (tertiary/aromatic N) is 1. The summed E-state index contributed by atoms with van der Waals surface area (Å²) in [6.07, 6.45) is 5.01. The topological polar surface area (TPSA) is 44.7 Å². The molecule has 0 radical (unpaired) electrons. The summed E-state index contributed by atoms with van der Waals surface area (Å²) in [6, 6.07) is 4.84. The number of ether oxygens (including phenoxy) is 1. The summed E-state index contributed by atoms with van der Waals surface area (Å²) in [5.41, 5.74) is 3.84. The Hall–Kier alpha value is -1.26. The first-order valence-corrected chi connectivity index (χ1v) is 9.59. The number of benzene rings is 1. The van der Waals surface area contributed by atoms with Crippen molar-refractivity contribution < 1.29 is 9.84 Å². The van der Waals surface area contributed by atoms with Crippen LogP contribution in [0.2, 0.25) is 0 Å². The highest BCUT2D eigenvalue weighted by molar-refractivity contribution is 5.65. The molecule has 1 saturated heterocycles. The van der Waals surface area contributed by atoms with Gasteiger partial charge in [-0.3, -0.25) is 0 Å². The number of aliphatic hydroxyl groups excluding tert-OH is 1. The molecule has 2 aliphatic heterocycles. The lowest BCUT2D eigenvalue weighted by Crippen LogP contribution is -2.43. The SMILES string of the molecule is CCCOc1c(C2CCNCC2)ccc2c1CC[C@H](C)N2C(C)O. The second kappa shape index (κ2) is 7.75. The second-order valence-electron chi connectivity index (χ2n) is 7.28. The first-order chi connectivity index (χ1) is 11.6. The average molecular weight is 332 g/mol. The molecule has 0 bridgehead atoms. The van der Waals surface area contributed by atoms with Crippen molar-refractivity contribution in [1.82, 2.24) is 5.32 Å². The molecule has 0 spiro atoms. The Morgan fingerprint density at radius 1 is 1.29 bits per heavy atom. The van der Waals surface area contributed by atoms with Gasteiger partial charge in [-0.05, 0) is 76.6 Å². The third kappa shape index (κ3) is 3.40. The summed E-state index contributed by atoms with van der Waals surface area (Å²) in [5.74, 6) is 1.70. The molecule has 3 rings (SSSR count). The maximum absolute atomic E-state index is 10.3. The van der Waals surface area contributed by atoms with Gasteiger partial charge in [-0.1, -0.05) is 13.0 Å². The van der Waals surface area contributed by atoms with Crippen molar-refractivity contribution in [3.8, 4) is 5.75 Å². The third-order valence-electron chi connectivity index (χ3n) is 5.46. The fourth-order valence-electron chi connectivity index (χ4n) is 4.25. The van der Waals surface area contributed by atoms with Gasteiger partial charge in [-0.15, -0.1) is 0 Å². The highest BCUT2D eigenvalue weighted by Gasteiger charge is 2.31. The van der Waals surface area contributed by atoms with E-state index in [9.17, 15) is 5.11 Å². The smallest absolute Gasteiger partial charge is 0.128 e. The van der Waals surface area contributed by atoms with Crippen molar-refractivity contribution in [1.29, 1.82) is 0 Å². The molecule has 1 unspecified atom stereocenters. The number of hydrogen-bond acceptors (Lipinski definition) is 4. The van der Waals surface area contributed by atoms with Crippen molar-refractivity contribution >= 4 is 5.69 Å². The van der Waals surface area contributed by atoms with Gasteiger partial charge in [0.15, 0.2) is 0 Å². The quantitative estimate of drug-likeness (QED) is 0.867. The van der Waals surface area contributed by atoms with Gasteiger partial charge in [-0.25, -0.2) is 0 Å². The molecule has 0 aliphatic carbocycles. The predicted molar refractivity (Wildman–Crippen MR) is 99.0 cm³/mol. The number of hydrogen-bond donors (Lipinski definition) is 2. The van der Waals surface area contributed by atoms with Crippen LogP contribution >= 0.6 is 0 Å². The van der Waals surface area contributed by atoms with Gasteiger partial charge in [0.1, 0.15) is 12.0 Å². The van der Waals surface area contributed by atoms with Crippen LogP contribution < -0.4 is 15.0 Å². The van der Waals surface area contributed by atoms with Crippen LogP contribution in [0.1, 0.15) is 63.5 Å². The molecule has 2 atom stereocenters. The van der Waals surface area contributed by atoms with E-state index in [1.54, 1.807) is 0 Å². The lowest BCUT2D eigenvalue weighted by atomic mass is 9.85. The Kier molecular flexibility index (Phi) is 5.67. The minimum absolute atomic E-state index is 0.362. The van der Waals surface area contributed by atoms with E-state index < -0.39 is 6.23 Å². The highest BCUT2D eigenvalue weighted by atomic mass is 16.5. The van der Waals surface area contributed by atoms with Crippen LogP contribution in [0.25, 0.3) is 0 Å². The number of aliphatic hydroxyl groups is 1. The molecule has 1 aromatic carbocycles. The number of anilines is 1. The molecule has 24 heavy (non-hydrogen) atoms. The first-order valence-electron chi connectivity index (χ1n) is 9.59. The molecule has 2 aliphatic rings. The molecular weight excluding hydrogens is 300 g/mol. The normalized spacial score (nSPS) is 23.0. The zero-order valence-electron chi connectivity index (χ0n) is 15.3. The van der Waals surface area contributed by atoms with Crippen LogP contribution in [0.15, 0.2) is 12.1 Å². The van der Waals surface area contributed by atoms with Crippen LogP contribution in [0.3, 0.4) is 0 Å². The maximum Gasteiger partial charge on any atom is 0.128 e. The van der Waals surface area contributed by atoms with E-state index in [1.807, 2.05) is 6.92 Å².